The lowest BCUT2D eigenvalue weighted by Gasteiger charge is -2.37. The largest absolute Gasteiger partial charge is 0.498 e. The molecule has 10 heteroatoms. The number of hydrogen-bond donors (Lipinski definition) is 0. The Labute approximate surface area is 215 Å². The van der Waals surface area contributed by atoms with Crippen LogP contribution in [0, 0.1) is 18.3 Å². The molecule has 2 amide bonds. The van der Waals surface area contributed by atoms with Gasteiger partial charge in [-0.3, -0.25) is 9.59 Å². The molecule has 0 radical (unpaired) electrons. The van der Waals surface area contributed by atoms with Gasteiger partial charge in [-0.1, -0.05) is 24.6 Å². The predicted octanol–water partition coefficient (Wildman–Crippen LogP) is 5.09. The second-order valence-electron chi connectivity index (χ2n) is 9.15. The number of halogens is 3. The molecule has 4 rings (SSSR count). The lowest BCUT2D eigenvalue weighted by Crippen LogP contribution is -2.50. The minimum atomic E-state index is -1.18. The molecular weight excluding hydrogens is 490 g/mol. The summed E-state index contributed by atoms with van der Waals surface area (Å²) in [6, 6.07) is 0. The Morgan fingerprint density at radius 1 is 1.33 bits per heavy atom. The molecule has 2 aliphatic heterocycles. The minimum absolute atomic E-state index is 0. The number of aromatic nitrogens is 2. The van der Waals surface area contributed by atoms with Crippen LogP contribution in [-0.2, 0) is 14.3 Å². The number of rotatable bonds is 5. The summed E-state index contributed by atoms with van der Waals surface area (Å²) in [7, 11) is 0. The molecule has 0 N–H and O–H groups in total. The van der Waals surface area contributed by atoms with Gasteiger partial charge in [0.25, 0.3) is 5.91 Å². The van der Waals surface area contributed by atoms with Crippen molar-refractivity contribution in [3.63, 3.8) is 0 Å². The molecule has 0 bridgehead atoms. The van der Waals surface area contributed by atoms with Crippen LogP contribution in [0.25, 0.3) is 5.70 Å². The fourth-order valence-electron chi connectivity index (χ4n) is 4.60. The molecule has 2 fully saturated rings. The molecule has 0 aromatic carbocycles. The molecule has 3 heterocycles. The van der Waals surface area contributed by atoms with Gasteiger partial charge in [-0.25, -0.2) is 13.8 Å². The summed E-state index contributed by atoms with van der Waals surface area (Å²) in [6.45, 7) is 6.82. The van der Waals surface area contributed by atoms with Crippen LogP contribution in [-0.4, -0.2) is 57.9 Å². The third-order valence-electron chi connectivity index (χ3n) is 6.89. The van der Waals surface area contributed by atoms with Crippen molar-refractivity contribution < 1.29 is 23.1 Å². The predicted molar refractivity (Wildman–Crippen MR) is 135 cm³/mol. The number of imidazole rings is 1. The molecule has 0 spiro atoms. The first-order chi connectivity index (χ1) is 16.7. The molecule has 1 aromatic heterocycles. The van der Waals surface area contributed by atoms with Crippen molar-refractivity contribution in [2.75, 3.05) is 26.2 Å². The Bertz CT molecular complexity index is 1200. The first-order valence-electron chi connectivity index (χ1n) is 11.3. The van der Waals surface area contributed by atoms with E-state index in [0.717, 1.165) is 23.2 Å². The topological polar surface area (TPSA) is 67.7 Å². The molecule has 1 saturated heterocycles. The quantitative estimate of drug-likeness (QED) is 0.401. The summed E-state index contributed by atoms with van der Waals surface area (Å²) in [5.74, 6) is -2.60. The number of piperazine rings is 1. The molecular formula is C26H31ClF2N4O3. The number of carbonyl (C=O) groups is 2. The van der Waals surface area contributed by atoms with E-state index < -0.39 is 17.1 Å². The van der Waals surface area contributed by atoms with Gasteiger partial charge in [0, 0.05) is 42.9 Å². The Balaban J connectivity index is 0.00000361. The van der Waals surface area contributed by atoms with Crippen LogP contribution in [0.4, 0.5) is 8.78 Å². The number of nitrogens with zero attached hydrogens (tertiary/aromatic N) is 4. The second-order valence-corrected chi connectivity index (χ2v) is 9.56. The Morgan fingerprint density at radius 3 is 2.75 bits per heavy atom. The Morgan fingerprint density at radius 2 is 2.08 bits per heavy atom. The first-order valence-corrected chi connectivity index (χ1v) is 11.7. The maximum Gasteiger partial charge on any atom is 0.270 e. The highest BCUT2D eigenvalue weighted by Crippen LogP contribution is 2.59. The van der Waals surface area contributed by atoms with Crippen molar-refractivity contribution in [1.82, 2.24) is 19.4 Å². The Hall–Kier alpha value is -3.20. The van der Waals surface area contributed by atoms with Crippen LogP contribution in [0.2, 0.25) is 0 Å². The van der Waals surface area contributed by atoms with Gasteiger partial charge in [0.2, 0.25) is 6.41 Å². The van der Waals surface area contributed by atoms with E-state index in [1.807, 2.05) is 24.6 Å². The van der Waals surface area contributed by atoms with E-state index in [9.17, 15) is 18.4 Å². The highest BCUT2D eigenvalue weighted by Gasteiger charge is 2.57. The van der Waals surface area contributed by atoms with E-state index in [2.05, 4.69) is 4.98 Å². The molecule has 1 aliphatic carbocycles. The zero-order chi connectivity index (χ0) is 25.3. The molecule has 1 saturated carbocycles. The van der Waals surface area contributed by atoms with Crippen molar-refractivity contribution in [2.24, 2.45) is 11.3 Å². The molecule has 2 atom stereocenters. The monoisotopic (exact) mass is 520 g/mol. The summed E-state index contributed by atoms with van der Waals surface area (Å²) in [5.41, 5.74) is 2.25. The molecule has 194 valence electrons. The van der Waals surface area contributed by atoms with Gasteiger partial charge in [-0.05, 0) is 45.4 Å². The van der Waals surface area contributed by atoms with E-state index in [4.69, 9.17) is 16.3 Å². The van der Waals surface area contributed by atoms with Crippen molar-refractivity contribution in [1.29, 1.82) is 0 Å². The zero-order valence-electron chi connectivity index (χ0n) is 19.8. The van der Waals surface area contributed by atoms with Crippen LogP contribution in [0.3, 0.4) is 0 Å². The van der Waals surface area contributed by atoms with E-state index in [1.54, 1.807) is 30.3 Å². The third-order valence-corrected chi connectivity index (χ3v) is 7.17. The van der Waals surface area contributed by atoms with Crippen molar-refractivity contribution in [2.45, 2.75) is 34.6 Å². The molecule has 36 heavy (non-hydrogen) atoms. The molecule has 7 nitrogen and oxygen atoms in total. The first kappa shape index (κ1) is 27.4. The summed E-state index contributed by atoms with van der Waals surface area (Å²) >= 11 is 6.00. The number of aryl methyl sites for hydroxylation is 1. The van der Waals surface area contributed by atoms with Crippen LogP contribution in [0.5, 0.6) is 0 Å². The number of fused-ring (bicyclic) bond motifs is 1. The van der Waals surface area contributed by atoms with Crippen molar-refractivity contribution in [3.05, 3.63) is 70.7 Å². The van der Waals surface area contributed by atoms with Gasteiger partial charge in [0.1, 0.15) is 12.0 Å². The number of hydrogen-bond acceptors (Lipinski definition) is 4. The van der Waals surface area contributed by atoms with Crippen LogP contribution >= 0.6 is 11.6 Å². The van der Waals surface area contributed by atoms with Crippen LogP contribution in [0.15, 0.2) is 65.0 Å². The average molecular weight is 521 g/mol. The van der Waals surface area contributed by atoms with E-state index in [0.29, 0.717) is 32.5 Å². The summed E-state index contributed by atoms with van der Waals surface area (Å²) < 4.78 is 35.1. The standard InChI is InChI=1S/C25H27ClF2N4O3.CH4/c1-16-8-20(26)23(28)21(27)12-35-11-19-9-25(16,19)13-30-6-7-31(15-33)22(24(30)34)5-4-18(3)32-10-17(2)29-14-32;/h4-5,8,10,12,14-15,19H,6-7,9,11,13H2,1-3H3;1H4/b16-8+,18-4+,21-12-,22-5-,23-20-;/t19?,25-;/m1./s1. The van der Waals surface area contributed by atoms with Gasteiger partial charge >= 0.3 is 0 Å². The van der Waals surface area contributed by atoms with Gasteiger partial charge < -0.3 is 19.1 Å². The van der Waals surface area contributed by atoms with Crippen molar-refractivity contribution >= 4 is 29.6 Å². The molecule has 1 aromatic rings. The number of carbonyl (C=O) groups excluding carboxylic acids is 2. The summed E-state index contributed by atoms with van der Waals surface area (Å²) in [4.78, 5) is 32.4. The van der Waals surface area contributed by atoms with Gasteiger partial charge in [0.05, 0.1) is 23.7 Å². The Kier molecular flexibility index (Phi) is 8.23. The van der Waals surface area contributed by atoms with Gasteiger partial charge in [0.15, 0.2) is 11.7 Å². The van der Waals surface area contributed by atoms with Gasteiger partial charge in [-0.15, -0.1) is 0 Å². The maximum atomic E-state index is 14.1. The third kappa shape index (κ3) is 5.31. The minimum Gasteiger partial charge on any atom is -0.498 e. The fourth-order valence-corrected chi connectivity index (χ4v) is 4.86. The second kappa shape index (κ2) is 10.8. The lowest BCUT2D eigenvalue weighted by molar-refractivity contribution is -0.135. The lowest BCUT2D eigenvalue weighted by atomic mass is 9.92. The smallest absolute Gasteiger partial charge is 0.270 e. The van der Waals surface area contributed by atoms with E-state index >= 15 is 0 Å². The number of amides is 2. The van der Waals surface area contributed by atoms with Crippen LogP contribution < -0.4 is 0 Å². The van der Waals surface area contributed by atoms with Gasteiger partial charge in [-0.2, -0.15) is 0 Å². The zero-order valence-corrected chi connectivity index (χ0v) is 20.6. The highest BCUT2D eigenvalue weighted by atomic mass is 35.5. The normalized spacial score (nSPS) is 30.9. The highest BCUT2D eigenvalue weighted by molar-refractivity contribution is 6.31. The average Bonchev–Trinajstić information content (AvgIpc) is 3.36. The maximum absolute atomic E-state index is 14.1. The molecule has 1 unspecified atom stereocenters. The van der Waals surface area contributed by atoms with Crippen molar-refractivity contribution in [3.8, 4) is 0 Å². The van der Waals surface area contributed by atoms with E-state index in [-0.39, 0.29) is 36.6 Å². The summed E-state index contributed by atoms with van der Waals surface area (Å²) in [6.07, 6.45) is 10.5. The van der Waals surface area contributed by atoms with Crippen LogP contribution in [0.1, 0.15) is 33.4 Å². The number of allylic oxidation sites excluding steroid dienone is 7. The summed E-state index contributed by atoms with van der Waals surface area (Å²) in [5, 5.41) is -0.347. The fraction of sp³-hybridized carbons (Fsp3) is 0.423. The molecule has 3 aliphatic rings. The van der Waals surface area contributed by atoms with E-state index in [1.165, 1.54) is 11.0 Å². The SMILES string of the molecule is C.C/C(=C\C=C1\C(=O)N(C[C@@]23CC2CO/C=C(F)/C(F)=C(Cl)\C=C\3C)CCN1C=O)n1cnc(C)c1. The number of ether oxygens (including phenoxy) is 1.